The Morgan fingerprint density at radius 2 is 1.90 bits per heavy atom. The van der Waals surface area contributed by atoms with Gasteiger partial charge in [0.15, 0.2) is 0 Å². The topological polar surface area (TPSA) is 111 Å². The van der Waals surface area contributed by atoms with Crippen molar-refractivity contribution in [3.63, 3.8) is 0 Å². The molecule has 206 valence electrons. The molecule has 3 aromatic heterocycles. The number of pyridine rings is 2. The summed E-state index contributed by atoms with van der Waals surface area (Å²) in [6.45, 7) is 2.89. The van der Waals surface area contributed by atoms with Gasteiger partial charge in [0, 0.05) is 47.7 Å². The monoisotopic (exact) mass is 537 g/mol. The lowest BCUT2D eigenvalue weighted by Gasteiger charge is -2.29. The predicted molar refractivity (Wildman–Crippen MR) is 161 cm³/mol. The highest BCUT2D eigenvalue weighted by molar-refractivity contribution is 6.00. The number of rotatable bonds is 9. The summed E-state index contributed by atoms with van der Waals surface area (Å²) >= 11 is 0. The molecule has 0 aliphatic carbocycles. The second kappa shape index (κ2) is 12.6. The number of benzene rings is 1. The zero-order valence-electron chi connectivity index (χ0n) is 23.1. The lowest BCUT2D eigenvalue weighted by Crippen LogP contribution is -2.36. The largest absolute Gasteiger partial charge is 0.367 e. The Morgan fingerprint density at radius 3 is 2.67 bits per heavy atom. The Balaban J connectivity index is 1.30. The molecule has 10 heteroatoms. The zero-order chi connectivity index (χ0) is 27.9. The molecule has 1 aliphatic rings. The summed E-state index contributed by atoms with van der Waals surface area (Å²) in [4.78, 5) is 35.1. The molecule has 1 amide bonds. The minimum absolute atomic E-state index is 0.181. The Hall–Kier alpha value is -4.41. The van der Waals surface area contributed by atoms with Crippen molar-refractivity contribution >= 4 is 40.0 Å². The van der Waals surface area contributed by atoms with E-state index in [1.165, 1.54) is 0 Å². The molecule has 40 heavy (non-hydrogen) atoms. The number of anilines is 4. The number of fused-ring (bicyclic) bond motifs is 1. The number of amides is 1. The number of carbonyl (C=O) groups excluding carboxylic acids is 1. The summed E-state index contributed by atoms with van der Waals surface area (Å²) in [7, 11) is 6.07. The quantitative estimate of drug-likeness (QED) is 0.268. The molecule has 0 unspecified atom stereocenters. The summed E-state index contributed by atoms with van der Waals surface area (Å²) < 4.78 is 0. The maximum atomic E-state index is 12.3. The summed E-state index contributed by atoms with van der Waals surface area (Å²) in [5, 5.41) is 10.6. The van der Waals surface area contributed by atoms with Crippen LogP contribution in [-0.2, 0) is 4.79 Å². The van der Waals surface area contributed by atoms with Crippen molar-refractivity contribution in [2.45, 2.75) is 18.9 Å². The highest BCUT2D eigenvalue weighted by atomic mass is 16.1. The fraction of sp³-hybridized carbons (Fsp3) is 0.300. The molecule has 0 atom stereocenters. The number of likely N-dealkylation sites (tertiary alicyclic amines) is 1. The molecule has 1 aliphatic heterocycles. The van der Waals surface area contributed by atoms with E-state index in [2.05, 4.69) is 42.8 Å². The molecule has 4 aromatic rings. The number of hydrogen-bond acceptors (Lipinski definition) is 9. The van der Waals surface area contributed by atoms with Gasteiger partial charge in [0.1, 0.15) is 11.3 Å². The van der Waals surface area contributed by atoms with Crippen LogP contribution in [0, 0.1) is 0 Å². The smallest absolute Gasteiger partial charge is 0.248 e. The van der Waals surface area contributed by atoms with Crippen LogP contribution in [0.15, 0.2) is 73.2 Å². The van der Waals surface area contributed by atoms with Gasteiger partial charge < -0.3 is 25.8 Å². The van der Waals surface area contributed by atoms with Crippen molar-refractivity contribution in [2.24, 2.45) is 0 Å². The highest BCUT2D eigenvalue weighted by Crippen LogP contribution is 2.28. The number of nitrogens with zero attached hydrogens (tertiary/aromatic N) is 6. The molecule has 3 N–H and O–H groups in total. The molecular weight excluding hydrogens is 502 g/mol. The molecule has 10 nitrogen and oxygen atoms in total. The molecule has 0 saturated carbocycles. The lowest BCUT2D eigenvalue weighted by molar-refractivity contribution is -0.111. The fourth-order valence-corrected chi connectivity index (χ4v) is 4.57. The molecule has 0 radical (unpaired) electrons. The van der Waals surface area contributed by atoms with Gasteiger partial charge in [-0.2, -0.15) is 0 Å². The summed E-state index contributed by atoms with van der Waals surface area (Å²) in [6.07, 6.45) is 10.9. The van der Waals surface area contributed by atoms with Gasteiger partial charge >= 0.3 is 0 Å². The normalized spacial score (nSPS) is 14.6. The molecular formula is C30H35N9O. The van der Waals surface area contributed by atoms with E-state index in [9.17, 15) is 4.79 Å². The predicted octanol–water partition coefficient (Wildman–Crippen LogP) is 4.39. The van der Waals surface area contributed by atoms with Crippen molar-refractivity contribution in [1.82, 2.24) is 29.7 Å². The number of aromatic nitrogens is 4. The van der Waals surface area contributed by atoms with Crippen LogP contribution in [0.25, 0.3) is 22.2 Å². The van der Waals surface area contributed by atoms with Gasteiger partial charge in [-0.3, -0.25) is 9.78 Å². The summed E-state index contributed by atoms with van der Waals surface area (Å²) in [6, 6.07) is 13.9. The van der Waals surface area contributed by atoms with Crippen molar-refractivity contribution in [2.75, 3.05) is 56.7 Å². The van der Waals surface area contributed by atoms with Crippen LogP contribution in [0.5, 0.6) is 0 Å². The van der Waals surface area contributed by atoms with Gasteiger partial charge in [-0.15, -0.1) is 0 Å². The van der Waals surface area contributed by atoms with E-state index >= 15 is 0 Å². The third kappa shape index (κ3) is 7.16. The van der Waals surface area contributed by atoms with E-state index < -0.39 is 0 Å². The van der Waals surface area contributed by atoms with E-state index in [-0.39, 0.29) is 5.91 Å². The first-order valence-electron chi connectivity index (χ1n) is 13.5. The van der Waals surface area contributed by atoms with Crippen LogP contribution in [0.4, 0.5) is 23.1 Å². The molecule has 0 spiro atoms. The maximum Gasteiger partial charge on any atom is 0.248 e. The number of piperidine rings is 1. The average Bonchev–Trinajstić information content (AvgIpc) is 2.95. The third-order valence-electron chi connectivity index (χ3n) is 6.73. The first-order valence-corrected chi connectivity index (χ1v) is 13.5. The lowest BCUT2D eigenvalue weighted by atomic mass is 10.1. The highest BCUT2D eigenvalue weighted by Gasteiger charge is 2.16. The Bertz CT molecular complexity index is 1480. The van der Waals surface area contributed by atoms with E-state index in [1.807, 2.05) is 67.5 Å². The van der Waals surface area contributed by atoms with Gasteiger partial charge in [0.05, 0.1) is 17.6 Å². The minimum Gasteiger partial charge on any atom is -0.367 e. The fourth-order valence-electron chi connectivity index (χ4n) is 4.57. The number of carbonyl (C=O) groups is 1. The summed E-state index contributed by atoms with van der Waals surface area (Å²) in [5.74, 6) is 1.14. The first-order chi connectivity index (χ1) is 19.4. The number of likely N-dealkylation sites (N-methyl/N-ethyl adjacent to an activating group) is 1. The van der Waals surface area contributed by atoms with Gasteiger partial charge in [-0.25, -0.2) is 15.0 Å². The Labute approximate surface area is 234 Å². The van der Waals surface area contributed by atoms with Crippen LogP contribution in [0.3, 0.4) is 0 Å². The standard InChI is InChI=1S/C30H35N9O/c1-38(2)15-5-8-27(40)35-24-7-4-6-21(18-24)28-29-22(11-14-31-28)19-33-30(37-29)36-25-9-10-26(32-20-25)34-23-12-16-39(3)17-13-23/h4-11,14,18-20,23H,12-13,15-17H2,1-3H3,(H,32,34)(H,35,40)(H,33,36,37)/b8-5+. The molecule has 0 bridgehead atoms. The third-order valence-corrected chi connectivity index (χ3v) is 6.73. The molecule has 1 fully saturated rings. The van der Waals surface area contributed by atoms with Crippen LogP contribution >= 0.6 is 0 Å². The zero-order valence-corrected chi connectivity index (χ0v) is 23.1. The van der Waals surface area contributed by atoms with Crippen LogP contribution in [0.2, 0.25) is 0 Å². The van der Waals surface area contributed by atoms with E-state index in [1.54, 1.807) is 24.7 Å². The molecule has 4 heterocycles. The van der Waals surface area contributed by atoms with Gasteiger partial charge in [-0.1, -0.05) is 18.2 Å². The molecule has 1 saturated heterocycles. The molecule has 1 aromatic carbocycles. The van der Waals surface area contributed by atoms with Crippen molar-refractivity contribution in [1.29, 1.82) is 0 Å². The first kappa shape index (κ1) is 27.2. The minimum atomic E-state index is -0.181. The van der Waals surface area contributed by atoms with Crippen molar-refractivity contribution in [3.8, 4) is 11.3 Å². The average molecular weight is 538 g/mol. The Morgan fingerprint density at radius 1 is 1.05 bits per heavy atom. The number of nitrogens with one attached hydrogen (secondary N) is 3. The van der Waals surface area contributed by atoms with Crippen molar-refractivity contribution < 1.29 is 4.79 Å². The molecule has 5 rings (SSSR count). The number of hydrogen-bond donors (Lipinski definition) is 3. The second-order valence-corrected chi connectivity index (χ2v) is 10.3. The van der Waals surface area contributed by atoms with Crippen LogP contribution in [-0.4, -0.2) is 82.5 Å². The Kier molecular flexibility index (Phi) is 8.58. The van der Waals surface area contributed by atoms with E-state index in [0.29, 0.717) is 35.4 Å². The van der Waals surface area contributed by atoms with Gasteiger partial charge in [0.2, 0.25) is 11.9 Å². The summed E-state index contributed by atoms with van der Waals surface area (Å²) in [5.41, 5.74) is 3.74. The van der Waals surface area contributed by atoms with Gasteiger partial charge in [0.25, 0.3) is 0 Å². The van der Waals surface area contributed by atoms with Crippen LogP contribution < -0.4 is 16.0 Å². The van der Waals surface area contributed by atoms with E-state index in [4.69, 9.17) is 4.98 Å². The second-order valence-electron chi connectivity index (χ2n) is 10.3. The SMILES string of the molecule is CN(C)C/C=C/C(=O)Nc1cccc(-c2nccc3cnc(Nc4ccc(NC5CCN(C)CC5)nc4)nc23)c1. The van der Waals surface area contributed by atoms with Crippen LogP contribution in [0.1, 0.15) is 12.8 Å². The maximum absolute atomic E-state index is 12.3. The van der Waals surface area contributed by atoms with Gasteiger partial charge in [-0.05, 0) is 77.4 Å². The van der Waals surface area contributed by atoms with E-state index in [0.717, 1.165) is 48.4 Å². The van der Waals surface area contributed by atoms with Crippen molar-refractivity contribution in [3.05, 3.63) is 73.2 Å².